The van der Waals surface area contributed by atoms with Crippen molar-refractivity contribution in [3.05, 3.63) is 64.8 Å². The normalized spacial score (nSPS) is 16.1. The van der Waals surface area contributed by atoms with E-state index in [0.29, 0.717) is 24.0 Å². The lowest BCUT2D eigenvalue weighted by Gasteiger charge is -2.23. The summed E-state index contributed by atoms with van der Waals surface area (Å²) in [4.78, 5) is 38.4. The van der Waals surface area contributed by atoms with Crippen LogP contribution in [0.1, 0.15) is 40.0 Å². The molecule has 1 fully saturated rings. The van der Waals surface area contributed by atoms with Crippen LogP contribution in [-0.4, -0.2) is 56.9 Å². The number of nitrogens with two attached hydrogens (primary N) is 1. The van der Waals surface area contributed by atoms with Crippen molar-refractivity contribution in [3.63, 3.8) is 0 Å². The minimum Gasteiger partial charge on any atom is -0.395 e. The first-order chi connectivity index (χ1) is 15.4. The van der Waals surface area contributed by atoms with Gasteiger partial charge in [0.25, 0.3) is 5.91 Å². The fourth-order valence-corrected chi connectivity index (χ4v) is 4.60. The summed E-state index contributed by atoms with van der Waals surface area (Å²) >= 11 is 0. The van der Waals surface area contributed by atoms with Gasteiger partial charge in [-0.05, 0) is 41.7 Å². The van der Waals surface area contributed by atoms with Crippen LogP contribution in [-0.2, 0) is 23.3 Å². The third-order valence-electron chi connectivity index (χ3n) is 6.54. The van der Waals surface area contributed by atoms with Gasteiger partial charge in [0.15, 0.2) is 0 Å². The first-order valence-electron chi connectivity index (χ1n) is 10.7. The molecule has 3 N–H and O–H groups in total. The molecule has 164 valence electrons. The third-order valence-corrected chi connectivity index (χ3v) is 6.54. The van der Waals surface area contributed by atoms with Crippen molar-refractivity contribution >= 4 is 28.7 Å². The Labute approximate surface area is 185 Å². The van der Waals surface area contributed by atoms with Gasteiger partial charge in [0, 0.05) is 32.1 Å². The smallest absolute Gasteiger partial charge is 0.273 e. The van der Waals surface area contributed by atoms with Crippen molar-refractivity contribution in [2.45, 2.75) is 31.3 Å². The molecule has 0 unspecified atom stereocenters. The van der Waals surface area contributed by atoms with Crippen molar-refractivity contribution in [1.82, 2.24) is 19.8 Å². The van der Waals surface area contributed by atoms with Crippen LogP contribution in [0.3, 0.4) is 0 Å². The molecule has 1 saturated carbocycles. The lowest BCUT2D eigenvalue weighted by molar-refractivity contribution is -0.133. The van der Waals surface area contributed by atoms with E-state index >= 15 is 0 Å². The van der Waals surface area contributed by atoms with E-state index < -0.39 is 5.41 Å². The van der Waals surface area contributed by atoms with Crippen LogP contribution < -0.4 is 5.73 Å². The van der Waals surface area contributed by atoms with E-state index in [1.165, 1.54) is 0 Å². The van der Waals surface area contributed by atoms with E-state index in [-0.39, 0.29) is 36.6 Å². The monoisotopic (exact) mass is 431 g/mol. The van der Waals surface area contributed by atoms with Crippen LogP contribution >= 0.6 is 0 Å². The van der Waals surface area contributed by atoms with Gasteiger partial charge in [-0.3, -0.25) is 9.59 Å². The summed E-state index contributed by atoms with van der Waals surface area (Å²) < 4.78 is 0. The Hall–Kier alpha value is -3.52. The molecule has 8 heteroatoms. The zero-order chi connectivity index (χ0) is 22.5. The summed E-state index contributed by atoms with van der Waals surface area (Å²) in [7, 11) is 1.70. The van der Waals surface area contributed by atoms with Crippen molar-refractivity contribution < 1.29 is 14.7 Å². The zero-order valence-corrected chi connectivity index (χ0v) is 17.9. The largest absolute Gasteiger partial charge is 0.395 e. The highest BCUT2D eigenvalue weighted by atomic mass is 16.3. The number of amides is 2. The predicted octanol–water partition coefficient (Wildman–Crippen LogP) is 1.85. The van der Waals surface area contributed by atoms with Gasteiger partial charge in [0.1, 0.15) is 5.69 Å². The highest BCUT2D eigenvalue weighted by molar-refractivity contribution is 6.05. The lowest BCUT2D eigenvalue weighted by Crippen LogP contribution is -2.38. The predicted molar refractivity (Wildman–Crippen MR) is 120 cm³/mol. The molecule has 5 rings (SSSR count). The number of nitrogens with zero attached hydrogens (tertiary/aromatic N) is 4. The van der Waals surface area contributed by atoms with Crippen LogP contribution in [0.2, 0.25) is 0 Å². The molecule has 1 aliphatic carbocycles. The maximum Gasteiger partial charge on any atom is 0.273 e. The minimum atomic E-state index is -0.621. The molecule has 2 aromatic carbocycles. The summed E-state index contributed by atoms with van der Waals surface area (Å²) in [5.41, 5.74) is 9.23. The van der Waals surface area contributed by atoms with Gasteiger partial charge in [0.05, 0.1) is 17.5 Å². The number of carbonyl (C=O) groups is 2. The summed E-state index contributed by atoms with van der Waals surface area (Å²) in [5.74, 6) is -0.179. The molecule has 32 heavy (non-hydrogen) atoms. The molecule has 2 aliphatic rings. The second kappa shape index (κ2) is 7.56. The average molecular weight is 431 g/mol. The van der Waals surface area contributed by atoms with Gasteiger partial charge < -0.3 is 20.6 Å². The quantitative estimate of drug-likeness (QED) is 0.638. The number of hydrogen-bond acceptors (Lipinski definition) is 6. The number of rotatable bonds is 5. The van der Waals surface area contributed by atoms with Crippen LogP contribution in [0, 0.1) is 0 Å². The summed E-state index contributed by atoms with van der Waals surface area (Å²) in [5, 5.41) is 9.81. The molecule has 0 atom stereocenters. The summed E-state index contributed by atoms with van der Waals surface area (Å²) in [6, 6.07) is 13.5. The topological polar surface area (TPSA) is 113 Å². The summed E-state index contributed by atoms with van der Waals surface area (Å²) in [6.45, 7) is 1.25. The van der Waals surface area contributed by atoms with Gasteiger partial charge >= 0.3 is 0 Å². The van der Waals surface area contributed by atoms with E-state index in [2.05, 4.69) is 9.97 Å². The minimum absolute atomic E-state index is 0.0230. The van der Waals surface area contributed by atoms with Gasteiger partial charge in [0.2, 0.25) is 11.9 Å². The molecule has 2 amide bonds. The van der Waals surface area contributed by atoms with E-state index in [9.17, 15) is 14.7 Å². The SMILES string of the molecule is CN(CCO)C(=O)C1(c2ccc3nc(N)nc(C(=O)N4Cc5ccccc5C4)c3c2)CC1. The molecule has 1 aromatic heterocycles. The van der Waals surface area contributed by atoms with Crippen LogP contribution in [0.4, 0.5) is 5.95 Å². The van der Waals surface area contributed by atoms with E-state index in [0.717, 1.165) is 29.5 Å². The maximum absolute atomic E-state index is 13.5. The molecule has 3 aromatic rings. The molecule has 0 radical (unpaired) electrons. The number of fused-ring (bicyclic) bond motifs is 2. The van der Waals surface area contributed by atoms with Crippen molar-refractivity contribution in [3.8, 4) is 0 Å². The van der Waals surface area contributed by atoms with Gasteiger partial charge in [-0.2, -0.15) is 0 Å². The molecule has 0 saturated heterocycles. The molecular formula is C24H25N5O3. The van der Waals surface area contributed by atoms with Crippen LogP contribution in [0.5, 0.6) is 0 Å². The second-order valence-corrected chi connectivity index (χ2v) is 8.62. The Bertz CT molecular complexity index is 1210. The summed E-state index contributed by atoms with van der Waals surface area (Å²) in [6.07, 6.45) is 1.46. The first kappa shape index (κ1) is 20.4. The number of carbonyl (C=O) groups excluding carboxylic acids is 2. The van der Waals surface area contributed by atoms with Crippen LogP contribution in [0.15, 0.2) is 42.5 Å². The number of aromatic nitrogens is 2. The van der Waals surface area contributed by atoms with Gasteiger partial charge in [-0.25, -0.2) is 9.97 Å². The Morgan fingerprint density at radius 3 is 2.44 bits per heavy atom. The Morgan fingerprint density at radius 1 is 1.12 bits per heavy atom. The van der Waals surface area contributed by atoms with E-state index in [4.69, 9.17) is 5.73 Å². The highest BCUT2D eigenvalue weighted by Crippen LogP contribution is 2.50. The zero-order valence-electron chi connectivity index (χ0n) is 17.9. The van der Waals surface area contributed by atoms with E-state index in [1.807, 2.05) is 36.4 Å². The molecule has 1 aliphatic heterocycles. The Morgan fingerprint density at radius 2 is 1.81 bits per heavy atom. The Balaban J connectivity index is 1.53. The molecule has 8 nitrogen and oxygen atoms in total. The molecule has 0 spiro atoms. The third kappa shape index (κ3) is 3.27. The van der Waals surface area contributed by atoms with Gasteiger partial charge in [-0.15, -0.1) is 0 Å². The lowest BCUT2D eigenvalue weighted by atomic mass is 9.92. The number of aliphatic hydroxyl groups is 1. The average Bonchev–Trinajstić information content (AvgIpc) is 3.49. The van der Waals surface area contributed by atoms with Crippen molar-refractivity contribution in [1.29, 1.82) is 0 Å². The Kier molecular flexibility index (Phi) is 4.82. The number of anilines is 1. The van der Waals surface area contributed by atoms with Gasteiger partial charge in [-0.1, -0.05) is 30.3 Å². The number of benzene rings is 2. The maximum atomic E-state index is 13.5. The molecular weight excluding hydrogens is 406 g/mol. The number of aliphatic hydroxyl groups excluding tert-OH is 1. The number of likely N-dealkylation sites (N-methyl/N-ethyl adjacent to an activating group) is 1. The highest BCUT2D eigenvalue weighted by Gasteiger charge is 2.52. The fourth-order valence-electron chi connectivity index (χ4n) is 4.60. The number of hydrogen-bond donors (Lipinski definition) is 2. The van der Waals surface area contributed by atoms with Crippen molar-refractivity contribution in [2.24, 2.45) is 0 Å². The van der Waals surface area contributed by atoms with E-state index in [1.54, 1.807) is 22.9 Å². The second-order valence-electron chi connectivity index (χ2n) is 8.62. The van der Waals surface area contributed by atoms with Crippen LogP contribution in [0.25, 0.3) is 10.9 Å². The first-order valence-corrected chi connectivity index (χ1v) is 10.7. The number of nitrogen functional groups attached to an aromatic ring is 1. The standard InChI is InChI=1S/C24H25N5O3/c1-28(10-11-30)22(32)24(8-9-24)17-6-7-19-18(12-17)20(27-23(25)26-19)21(31)29-13-15-4-2-3-5-16(15)14-29/h2-7,12,30H,8-11,13-14H2,1H3,(H2,25,26,27). The molecule has 2 heterocycles. The fraction of sp³-hybridized carbons (Fsp3) is 0.333. The van der Waals surface area contributed by atoms with Crippen molar-refractivity contribution in [2.75, 3.05) is 25.9 Å². The molecule has 0 bridgehead atoms.